The average molecular weight is 347 g/mol. The van der Waals surface area contributed by atoms with Gasteiger partial charge in [0.1, 0.15) is 5.69 Å². The van der Waals surface area contributed by atoms with Crippen LogP contribution in [-0.2, 0) is 18.3 Å². The van der Waals surface area contributed by atoms with Crippen LogP contribution in [0.4, 0.5) is 17.1 Å². The molecular weight excluding hydrogens is 330 g/mol. The molecule has 0 spiro atoms. The maximum Gasteiger partial charge on any atom is 0.230 e. The number of fused-ring (bicyclic) bond motifs is 1. The number of para-hydroxylation sites is 1. The summed E-state index contributed by atoms with van der Waals surface area (Å²) in [5.74, 6) is -0.150. The lowest BCUT2D eigenvalue weighted by molar-refractivity contribution is -0.115. The number of benzene rings is 2. The molecule has 0 unspecified atom stereocenters. The normalized spacial score (nSPS) is 10.8. The summed E-state index contributed by atoms with van der Waals surface area (Å²) in [6, 6.07) is 15.0. The Morgan fingerprint density at radius 1 is 1.12 bits per heavy atom. The van der Waals surface area contributed by atoms with Gasteiger partial charge in [-0.05, 0) is 30.3 Å². The van der Waals surface area contributed by atoms with E-state index in [1.165, 1.54) is 0 Å². The van der Waals surface area contributed by atoms with Crippen LogP contribution in [0.2, 0.25) is 0 Å². The van der Waals surface area contributed by atoms with Crippen molar-refractivity contribution in [2.24, 2.45) is 7.05 Å². The lowest BCUT2D eigenvalue weighted by atomic mass is 10.1. The summed E-state index contributed by atoms with van der Waals surface area (Å²) in [6.45, 7) is 0. The molecule has 2 N–H and O–H groups in total. The van der Waals surface area contributed by atoms with Gasteiger partial charge in [-0.2, -0.15) is 5.10 Å². The van der Waals surface area contributed by atoms with Gasteiger partial charge >= 0.3 is 0 Å². The van der Waals surface area contributed by atoms with Crippen LogP contribution in [-0.4, -0.2) is 20.8 Å². The van der Waals surface area contributed by atoms with E-state index in [9.17, 15) is 4.79 Å². The summed E-state index contributed by atoms with van der Waals surface area (Å²) >= 11 is 0. The largest absolute Gasteiger partial charge is 0.356 e. The third-order valence-corrected chi connectivity index (χ3v) is 3.92. The molecule has 0 radical (unpaired) electrons. The highest BCUT2D eigenvalue weighted by molar-refractivity contribution is 5.95. The van der Waals surface area contributed by atoms with Crippen LogP contribution < -0.4 is 10.6 Å². The molecule has 0 fully saturated rings. The van der Waals surface area contributed by atoms with E-state index in [2.05, 4.69) is 20.9 Å². The third kappa shape index (κ3) is 3.41. The first-order valence-corrected chi connectivity index (χ1v) is 8.16. The van der Waals surface area contributed by atoms with E-state index in [1.54, 1.807) is 10.9 Å². The van der Waals surface area contributed by atoms with Crippen molar-refractivity contribution in [2.45, 2.75) is 6.42 Å². The van der Waals surface area contributed by atoms with Crippen LogP contribution >= 0.6 is 0 Å². The Kier molecular flexibility index (Phi) is 4.10. The van der Waals surface area contributed by atoms with Crippen molar-refractivity contribution in [1.29, 1.82) is 0 Å². The molecule has 0 saturated heterocycles. The lowest BCUT2D eigenvalue weighted by Crippen LogP contribution is -2.14. The van der Waals surface area contributed by atoms with Crippen molar-refractivity contribution in [3.05, 3.63) is 66.6 Å². The number of amides is 1. The first kappa shape index (κ1) is 15.9. The summed E-state index contributed by atoms with van der Waals surface area (Å²) in [4.78, 5) is 12.4. The molecule has 2 heterocycles. The van der Waals surface area contributed by atoms with Crippen molar-refractivity contribution >= 4 is 33.9 Å². The number of nitrogens with one attached hydrogen (secondary N) is 2. The minimum absolute atomic E-state index is 0.150. The molecule has 0 bridgehead atoms. The van der Waals surface area contributed by atoms with E-state index in [0.717, 1.165) is 16.8 Å². The van der Waals surface area contributed by atoms with Crippen molar-refractivity contribution in [2.75, 3.05) is 10.6 Å². The van der Waals surface area contributed by atoms with Crippen molar-refractivity contribution in [3.8, 4) is 0 Å². The zero-order chi connectivity index (χ0) is 17.9. The predicted molar refractivity (Wildman–Crippen MR) is 99.3 cm³/mol. The smallest absolute Gasteiger partial charge is 0.230 e. The molecule has 0 aliphatic heterocycles. The van der Waals surface area contributed by atoms with Crippen LogP contribution in [0.25, 0.3) is 11.0 Å². The Hall–Kier alpha value is -3.61. The monoisotopic (exact) mass is 347 g/mol. The Balaban J connectivity index is 1.45. The molecule has 7 heteroatoms. The predicted octanol–water partition coefficient (Wildman–Crippen LogP) is 3.49. The highest BCUT2D eigenvalue weighted by atomic mass is 16.5. The van der Waals surface area contributed by atoms with Gasteiger partial charge in [0, 0.05) is 30.0 Å². The molecule has 2 aromatic carbocycles. The molecule has 1 amide bonds. The fourth-order valence-corrected chi connectivity index (χ4v) is 2.75. The molecule has 0 aliphatic carbocycles. The second kappa shape index (κ2) is 6.72. The molecule has 0 aliphatic rings. The minimum atomic E-state index is -0.150. The van der Waals surface area contributed by atoms with Gasteiger partial charge in [0.15, 0.2) is 5.58 Å². The Bertz CT molecular complexity index is 1070. The summed E-state index contributed by atoms with van der Waals surface area (Å²) in [5.41, 5.74) is 3.75. The fraction of sp³-hybridized carbons (Fsp3) is 0.105. The van der Waals surface area contributed by atoms with Crippen LogP contribution in [0, 0.1) is 0 Å². The summed E-state index contributed by atoms with van der Waals surface area (Å²) < 4.78 is 6.96. The molecule has 0 saturated carbocycles. The van der Waals surface area contributed by atoms with E-state index in [-0.39, 0.29) is 12.3 Å². The highest BCUT2D eigenvalue weighted by Gasteiger charge is 2.12. The van der Waals surface area contributed by atoms with Gasteiger partial charge in [-0.3, -0.25) is 9.48 Å². The van der Waals surface area contributed by atoms with E-state index in [0.29, 0.717) is 17.0 Å². The zero-order valence-corrected chi connectivity index (χ0v) is 14.1. The highest BCUT2D eigenvalue weighted by Crippen LogP contribution is 2.21. The number of aryl methyl sites for hydroxylation is 1. The van der Waals surface area contributed by atoms with Gasteiger partial charge in [0.05, 0.1) is 18.3 Å². The number of nitrogens with zero attached hydrogens (tertiary/aromatic N) is 3. The number of carbonyl (C=O) groups is 1. The summed E-state index contributed by atoms with van der Waals surface area (Å²) in [7, 11) is 1.86. The van der Waals surface area contributed by atoms with Crippen molar-refractivity contribution in [1.82, 2.24) is 14.9 Å². The summed E-state index contributed by atoms with van der Waals surface area (Å²) in [6.07, 6.45) is 3.76. The summed E-state index contributed by atoms with van der Waals surface area (Å²) in [5, 5.41) is 15.1. The number of hydrogen-bond donors (Lipinski definition) is 2. The first-order valence-electron chi connectivity index (χ1n) is 8.16. The quantitative estimate of drug-likeness (QED) is 0.577. The van der Waals surface area contributed by atoms with Crippen LogP contribution in [0.5, 0.6) is 0 Å². The molecule has 2 aromatic heterocycles. The fourth-order valence-electron chi connectivity index (χ4n) is 2.75. The first-order chi connectivity index (χ1) is 12.7. The number of carbonyl (C=O) groups excluding carboxylic acids is 1. The third-order valence-electron chi connectivity index (χ3n) is 3.92. The lowest BCUT2D eigenvalue weighted by Gasteiger charge is -2.08. The molecule has 4 rings (SSSR count). The zero-order valence-electron chi connectivity index (χ0n) is 14.1. The Labute approximate surface area is 149 Å². The van der Waals surface area contributed by atoms with Gasteiger partial charge in [0.25, 0.3) is 0 Å². The number of anilines is 3. The Morgan fingerprint density at radius 3 is 2.81 bits per heavy atom. The Morgan fingerprint density at radius 2 is 1.96 bits per heavy atom. The maximum absolute atomic E-state index is 12.4. The van der Waals surface area contributed by atoms with Crippen LogP contribution in [0.3, 0.4) is 0 Å². The number of aromatic nitrogens is 3. The minimum Gasteiger partial charge on any atom is -0.356 e. The number of rotatable bonds is 5. The standard InChI is InChI=1S/C19H17N5O2/c1-24-12-15(11-20-24)21-13-5-4-6-14(9-13)22-19(25)10-17-16-7-2-3-8-18(16)26-23-17/h2-9,11-12,21H,10H2,1H3,(H,22,25). The van der Waals surface area contributed by atoms with Gasteiger partial charge in [-0.1, -0.05) is 23.4 Å². The maximum atomic E-state index is 12.4. The van der Waals surface area contributed by atoms with Gasteiger partial charge < -0.3 is 15.2 Å². The average Bonchev–Trinajstić information content (AvgIpc) is 3.22. The van der Waals surface area contributed by atoms with Gasteiger partial charge in [-0.15, -0.1) is 0 Å². The molecule has 26 heavy (non-hydrogen) atoms. The second-order valence-corrected chi connectivity index (χ2v) is 5.96. The van der Waals surface area contributed by atoms with Crippen LogP contribution in [0.1, 0.15) is 5.69 Å². The van der Waals surface area contributed by atoms with E-state index in [1.807, 2.05) is 61.8 Å². The van der Waals surface area contributed by atoms with Crippen molar-refractivity contribution in [3.63, 3.8) is 0 Å². The molecule has 0 atom stereocenters. The van der Waals surface area contributed by atoms with Gasteiger partial charge in [-0.25, -0.2) is 0 Å². The topological polar surface area (TPSA) is 85.0 Å². The van der Waals surface area contributed by atoms with E-state index >= 15 is 0 Å². The second-order valence-electron chi connectivity index (χ2n) is 5.96. The molecule has 4 aromatic rings. The molecular formula is C19H17N5O2. The molecule has 7 nitrogen and oxygen atoms in total. The van der Waals surface area contributed by atoms with Crippen LogP contribution in [0.15, 0.2) is 65.4 Å². The molecule has 130 valence electrons. The van der Waals surface area contributed by atoms with E-state index in [4.69, 9.17) is 4.52 Å². The SMILES string of the molecule is Cn1cc(Nc2cccc(NC(=O)Cc3noc4ccccc34)c2)cn1. The van der Waals surface area contributed by atoms with Gasteiger partial charge in [0.2, 0.25) is 5.91 Å². The van der Waals surface area contributed by atoms with E-state index < -0.39 is 0 Å². The number of hydrogen-bond acceptors (Lipinski definition) is 5. The van der Waals surface area contributed by atoms with Crippen molar-refractivity contribution < 1.29 is 9.32 Å².